The van der Waals surface area contributed by atoms with Gasteiger partial charge < -0.3 is 14.6 Å². The number of unbranched alkanes of at least 4 members (excludes halogenated alkanes) is 3. The molecule has 1 N–H and O–H groups in total. The highest BCUT2D eigenvalue weighted by atomic mass is 16.5. The van der Waals surface area contributed by atoms with Crippen LogP contribution in [0.25, 0.3) is 0 Å². The molecule has 0 heterocycles. The molecule has 3 heteroatoms. The Morgan fingerprint density at radius 1 is 0.833 bits per heavy atom. The van der Waals surface area contributed by atoms with Gasteiger partial charge in [-0.3, -0.25) is 0 Å². The second-order valence-electron chi connectivity index (χ2n) is 5.05. The van der Waals surface area contributed by atoms with E-state index in [-0.39, 0.29) is 6.61 Å². The molecule has 18 heavy (non-hydrogen) atoms. The molecule has 110 valence electrons. The standard InChI is InChI=1S/C15H32O3/c1-3-4-5-8-15(2)9-6-7-11-17-13-14-18-12-10-16/h15-16H,3-14H2,1-2H3. The Morgan fingerprint density at radius 2 is 1.44 bits per heavy atom. The molecule has 1 atom stereocenters. The van der Waals surface area contributed by atoms with Gasteiger partial charge in [0, 0.05) is 6.61 Å². The molecule has 1 unspecified atom stereocenters. The summed E-state index contributed by atoms with van der Waals surface area (Å²) >= 11 is 0. The van der Waals surface area contributed by atoms with Crippen LogP contribution in [0.2, 0.25) is 0 Å². The van der Waals surface area contributed by atoms with E-state index in [4.69, 9.17) is 14.6 Å². The topological polar surface area (TPSA) is 38.7 Å². The van der Waals surface area contributed by atoms with E-state index in [1.165, 1.54) is 38.5 Å². The fraction of sp³-hybridized carbons (Fsp3) is 1.00. The first-order valence-corrected chi connectivity index (χ1v) is 7.57. The van der Waals surface area contributed by atoms with Crippen molar-refractivity contribution in [3.63, 3.8) is 0 Å². The first kappa shape index (κ1) is 17.9. The van der Waals surface area contributed by atoms with E-state index >= 15 is 0 Å². The molecule has 0 saturated heterocycles. The molecular formula is C15H32O3. The Hall–Kier alpha value is -0.120. The van der Waals surface area contributed by atoms with Gasteiger partial charge in [-0.1, -0.05) is 52.4 Å². The van der Waals surface area contributed by atoms with Crippen LogP contribution in [0.5, 0.6) is 0 Å². The highest BCUT2D eigenvalue weighted by Crippen LogP contribution is 2.15. The predicted molar refractivity (Wildman–Crippen MR) is 75.9 cm³/mol. The van der Waals surface area contributed by atoms with Crippen molar-refractivity contribution in [3.05, 3.63) is 0 Å². The number of hydrogen-bond donors (Lipinski definition) is 1. The molecule has 0 aliphatic carbocycles. The van der Waals surface area contributed by atoms with Crippen molar-refractivity contribution in [1.29, 1.82) is 0 Å². The Kier molecular flexibility index (Phi) is 14.8. The van der Waals surface area contributed by atoms with Crippen molar-refractivity contribution < 1.29 is 14.6 Å². The lowest BCUT2D eigenvalue weighted by atomic mass is 9.97. The molecule has 0 bridgehead atoms. The van der Waals surface area contributed by atoms with Crippen molar-refractivity contribution in [2.75, 3.05) is 33.0 Å². The van der Waals surface area contributed by atoms with Crippen LogP contribution in [0.3, 0.4) is 0 Å². The van der Waals surface area contributed by atoms with Crippen molar-refractivity contribution in [2.45, 2.75) is 58.8 Å². The number of hydrogen-bond acceptors (Lipinski definition) is 3. The van der Waals surface area contributed by atoms with Crippen LogP contribution < -0.4 is 0 Å². The molecule has 0 spiro atoms. The SMILES string of the molecule is CCCCCC(C)CCCCOCCOCCO. The van der Waals surface area contributed by atoms with Gasteiger partial charge in [0.2, 0.25) is 0 Å². The highest BCUT2D eigenvalue weighted by Gasteiger charge is 2.01. The summed E-state index contributed by atoms with van der Waals surface area (Å²) < 4.78 is 10.6. The van der Waals surface area contributed by atoms with Gasteiger partial charge >= 0.3 is 0 Å². The number of aliphatic hydroxyl groups excluding tert-OH is 1. The quantitative estimate of drug-likeness (QED) is 0.486. The van der Waals surface area contributed by atoms with Gasteiger partial charge in [-0.15, -0.1) is 0 Å². The van der Waals surface area contributed by atoms with Crippen molar-refractivity contribution in [2.24, 2.45) is 5.92 Å². The van der Waals surface area contributed by atoms with Gasteiger partial charge in [0.25, 0.3) is 0 Å². The Morgan fingerprint density at radius 3 is 2.06 bits per heavy atom. The molecule has 0 fully saturated rings. The number of rotatable bonds is 14. The molecule has 0 radical (unpaired) electrons. The molecular weight excluding hydrogens is 228 g/mol. The average molecular weight is 260 g/mol. The van der Waals surface area contributed by atoms with E-state index in [2.05, 4.69) is 13.8 Å². The van der Waals surface area contributed by atoms with Crippen LogP contribution in [0, 0.1) is 5.92 Å². The van der Waals surface area contributed by atoms with Crippen molar-refractivity contribution in [3.8, 4) is 0 Å². The normalized spacial score (nSPS) is 12.8. The third-order valence-electron chi connectivity index (χ3n) is 3.14. The fourth-order valence-corrected chi connectivity index (χ4v) is 1.97. The van der Waals surface area contributed by atoms with Gasteiger partial charge in [-0.05, 0) is 12.3 Å². The van der Waals surface area contributed by atoms with Crippen LogP contribution in [0.15, 0.2) is 0 Å². The van der Waals surface area contributed by atoms with E-state index in [0.29, 0.717) is 19.8 Å². The minimum absolute atomic E-state index is 0.0932. The lowest BCUT2D eigenvalue weighted by molar-refractivity contribution is 0.0319. The van der Waals surface area contributed by atoms with Crippen molar-refractivity contribution in [1.82, 2.24) is 0 Å². The summed E-state index contributed by atoms with van der Waals surface area (Å²) in [7, 11) is 0. The summed E-state index contributed by atoms with van der Waals surface area (Å²) in [4.78, 5) is 0. The summed E-state index contributed by atoms with van der Waals surface area (Å²) in [6.07, 6.45) is 9.21. The van der Waals surface area contributed by atoms with E-state index < -0.39 is 0 Å². The molecule has 0 aromatic rings. The van der Waals surface area contributed by atoms with Gasteiger partial charge in [-0.25, -0.2) is 0 Å². The highest BCUT2D eigenvalue weighted by molar-refractivity contribution is 4.54. The zero-order valence-electron chi connectivity index (χ0n) is 12.3. The Balaban J connectivity index is 3.05. The van der Waals surface area contributed by atoms with E-state index in [9.17, 15) is 0 Å². The summed E-state index contributed by atoms with van der Waals surface area (Å²) in [5.41, 5.74) is 0. The zero-order chi connectivity index (χ0) is 13.5. The second-order valence-corrected chi connectivity index (χ2v) is 5.05. The summed E-state index contributed by atoms with van der Waals surface area (Å²) in [5.74, 6) is 0.865. The van der Waals surface area contributed by atoms with Crippen LogP contribution in [-0.4, -0.2) is 38.1 Å². The molecule has 0 aliphatic heterocycles. The summed E-state index contributed by atoms with van der Waals surface area (Å²) in [6, 6.07) is 0. The van der Waals surface area contributed by atoms with E-state index in [1.807, 2.05) is 0 Å². The average Bonchev–Trinajstić information content (AvgIpc) is 2.37. The molecule has 0 saturated carbocycles. The maximum absolute atomic E-state index is 8.50. The minimum Gasteiger partial charge on any atom is -0.394 e. The maximum atomic E-state index is 8.50. The molecule has 0 aromatic carbocycles. The van der Waals surface area contributed by atoms with Crippen LogP contribution in [-0.2, 0) is 9.47 Å². The minimum atomic E-state index is 0.0932. The Bertz CT molecular complexity index is 151. The molecule has 0 amide bonds. The third-order valence-corrected chi connectivity index (χ3v) is 3.14. The first-order chi connectivity index (χ1) is 8.81. The van der Waals surface area contributed by atoms with Gasteiger partial charge in [0.15, 0.2) is 0 Å². The third kappa shape index (κ3) is 13.9. The Labute approximate surface area is 113 Å². The van der Waals surface area contributed by atoms with E-state index in [0.717, 1.165) is 18.9 Å². The molecule has 3 nitrogen and oxygen atoms in total. The van der Waals surface area contributed by atoms with Crippen molar-refractivity contribution >= 4 is 0 Å². The maximum Gasteiger partial charge on any atom is 0.0701 e. The fourth-order valence-electron chi connectivity index (χ4n) is 1.97. The van der Waals surface area contributed by atoms with Crippen LogP contribution in [0.1, 0.15) is 58.8 Å². The molecule has 0 rings (SSSR count). The largest absolute Gasteiger partial charge is 0.394 e. The zero-order valence-corrected chi connectivity index (χ0v) is 12.3. The molecule has 0 aliphatic rings. The van der Waals surface area contributed by atoms with Crippen LogP contribution in [0.4, 0.5) is 0 Å². The van der Waals surface area contributed by atoms with Gasteiger partial charge in [0.1, 0.15) is 0 Å². The van der Waals surface area contributed by atoms with E-state index in [1.54, 1.807) is 0 Å². The van der Waals surface area contributed by atoms with Gasteiger partial charge in [0.05, 0.1) is 26.4 Å². The van der Waals surface area contributed by atoms with Crippen LogP contribution >= 0.6 is 0 Å². The number of aliphatic hydroxyl groups is 1. The smallest absolute Gasteiger partial charge is 0.0701 e. The first-order valence-electron chi connectivity index (χ1n) is 7.57. The summed E-state index contributed by atoms with van der Waals surface area (Å²) in [6.45, 7) is 7.20. The number of ether oxygens (including phenoxy) is 2. The predicted octanol–water partition coefficient (Wildman–Crippen LogP) is 3.40. The monoisotopic (exact) mass is 260 g/mol. The summed E-state index contributed by atoms with van der Waals surface area (Å²) in [5, 5.41) is 8.50. The lowest BCUT2D eigenvalue weighted by Crippen LogP contribution is -2.08. The van der Waals surface area contributed by atoms with Gasteiger partial charge in [-0.2, -0.15) is 0 Å². The lowest BCUT2D eigenvalue weighted by Gasteiger charge is -2.10. The molecule has 0 aromatic heterocycles. The second kappa shape index (κ2) is 14.9.